The third kappa shape index (κ3) is 2.90. The molecule has 2 amide bonds. The van der Waals surface area contributed by atoms with Crippen molar-refractivity contribution in [3.63, 3.8) is 0 Å². The Morgan fingerprint density at radius 3 is 2.72 bits per heavy atom. The highest BCUT2D eigenvalue weighted by Gasteiger charge is 2.36. The van der Waals surface area contributed by atoms with Crippen molar-refractivity contribution in [2.45, 2.75) is 13.0 Å². The van der Waals surface area contributed by atoms with Crippen molar-refractivity contribution >= 4 is 29.0 Å². The first-order valence-electron chi connectivity index (χ1n) is 7.89. The number of nitrogens with one attached hydrogen (secondary N) is 1. The Kier molecular flexibility index (Phi) is 4.57. The molecule has 2 aromatic rings. The Morgan fingerprint density at radius 1 is 1.20 bits per heavy atom. The standard InChI is InChI=1S/C18H16N4O2.ClH/c19-8-7-16(23)20-12-5-6-15-11(9-12)10-22-17(21-15)13-3-1-2-4-14(13)18(22)24;/h1-6,9H,7-8,10,19H2,(H,20,23);1H. The average Bonchev–Trinajstić information content (AvgIpc) is 2.86. The third-order valence-electron chi connectivity index (χ3n) is 4.22. The molecule has 0 radical (unpaired) electrons. The zero-order chi connectivity index (χ0) is 16.7. The number of carbonyl (C=O) groups is 2. The molecule has 7 heteroatoms. The molecule has 0 saturated carbocycles. The van der Waals surface area contributed by atoms with Crippen LogP contribution in [0.15, 0.2) is 47.5 Å². The maximum Gasteiger partial charge on any atom is 0.260 e. The van der Waals surface area contributed by atoms with Gasteiger partial charge in [0.2, 0.25) is 5.91 Å². The number of amides is 2. The molecule has 4 N–H and O–H groups in total. The summed E-state index contributed by atoms with van der Waals surface area (Å²) in [5.41, 5.74) is 7.72. The maximum absolute atomic E-state index is 12.6. The molecule has 0 spiro atoms. The lowest BCUT2D eigenvalue weighted by molar-refractivity contribution is -0.365. The monoisotopic (exact) mass is 356 g/mol. The van der Waals surface area contributed by atoms with Gasteiger partial charge in [0.1, 0.15) is 5.84 Å². The van der Waals surface area contributed by atoms with Crippen molar-refractivity contribution in [2.75, 3.05) is 11.9 Å². The predicted molar refractivity (Wildman–Crippen MR) is 90.0 cm³/mol. The fraction of sp³-hybridized carbons (Fsp3) is 0.167. The fourth-order valence-corrected chi connectivity index (χ4v) is 3.09. The zero-order valence-corrected chi connectivity index (χ0v) is 14.2. The molecule has 2 aromatic carbocycles. The molecule has 0 bridgehead atoms. The van der Waals surface area contributed by atoms with E-state index in [1.54, 1.807) is 4.90 Å². The lowest BCUT2D eigenvalue weighted by Crippen LogP contribution is -3.00. The van der Waals surface area contributed by atoms with E-state index in [1.807, 2.05) is 42.5 Å². The fourth-order valence-electron chi connectivity index (χ4n) is 3.09. The second kappa shape index (κ2) is 6.66. The predicted octanol–water partition coefficient (Wildman–Crippen LogP) is -1.69. The molecule has 0 saturated heterocycles. The number of halogens is 1. The van der Waals surface area contributed by atoms with Gasteiger partial charge in [-0.2, -0.15) is 0 Å². The summed E-state index contributed by atoms with van der Waals surface area (Å²) in [6.07, 6.45) is 0.388. The molecule has 4 rings (SSSR count). The number of benzene rings is 2. The normalized spacial score (nSPS) is 14.0. The number of fused-ring (bicyclic) bond motifs is 4. The summed E-state index contributed by atoms with van der Waals surface area (Å²) in [5.74, 6) is 0.619. The van der Waals surface area contributed by atoms with E-state index in [4.69, 9.17) is 0 Å². The van der Waals surface area contributed by atoms with Crippen LogP contribution in [0.4, 0.5) is 11.4 Å². The number of hydrogen-bond donors (Lipinski definition) is 2. The van der Waals surface area contributed by atoms with Crippen molar-refractivity contribution in [1.29, 1.82) is 0 Å². The summed E-state index contributed by atoms with van der Waals surface area (Å²) in [6, 6.07) is 13.1. The minimum atomic E-state index is -0.0606. The number of aliphatic imine (C=N–C) groups is 1. The first-order chi connectivity index (χ1) is 11.7. The highest BCUT2D eigenvalue weighted by atomic mass is 35.5. The molecule has 128 valence electrons. The van der Waals surface area contributed by atoms with Gasteiger partial charge in [0.15, 0.2) is 0 Å². The largest absolute Gasteiger partial charge is 1.00 e. The topological polar surface area (TPSA) is 89.4 Å². The van der Waals surface area contributed by atoms with Crippen molar-refractivity contribution in [2.24, 2.45) is 4.99 Å². The Morgan fingerprint density at radius 2 is 1.96 bits per heavy atom. The number of hydrogen-bond acceptors (Lipinski definition) is 3. The zero-order valence-electron chi connectivity index (χ0n) is 13.5. The number of rotatable bonds is 3. The molecule has 2 aliphatic rings. The second-order valence-electron chi connectivity index (χ2n) is 5.87. The van der Waals surface area contributed by atoms with Crippen LogP contribution >= 0.6 is 0 Å². The van der Waals surface area contributed by atoms with Gasteiger partial charge in [-0.15, -0.1) is 0 Å². The lowest BCUT2D eigenvalue weighted by Gasteiger charge is -2.23. The van der Waals surface area contributed by atoms with Crippen LogP contribution in [0.1, 0.15) is 27.9 Å². The first-order valence-corrected chi connectivity index (χ1v) is 7.89. The summed E-state index contributed by atoms with van der Waals surface area (Å²) in [6.45, 7) is 1.02. The van der Waals surface area contributed by atoms with Gasteiger partial charge in [-0.05, 0) is 29.8 Å². The van der Waals surface area contributed by atoms with E-state index >= 15 is 0 Å². The van der Waals surface area contributed by atoms with Gasteiger partial charge in [-0.3, -0.25) is 14.5 Å². The number of amidine groups is 1. The minimum Gasteiger partial charge on any atom is -1.00 e. The molecule has 25 heavy (non-hydrogen) atoms. The third-order valence-corrected chi connectivity index (χ3v) is 4.22. The van der Waals surface area contributed by atoms with Crippen LogP contribution in [0.5, 0.6) is 0 Å². The summed E-state index contributed by atoms with van der Waals surface area (Å²) in [4.78, 5) is 30.6. The maximum atomic E-state index is 12.6. The van der Waals surface area contributed by atoms with Crippen LogP contribution in [-0.4, -0.2) is 29.1 Å². The van der Waals surface area contributed by atoms with Gasteiger partial charge in [0.25, 0.3) is 5.91 Å². The van der Waals surface area contributed by atoms with E-state index in [1.165, 1.54) is 0 Å². The van der Waals surface area contributed by atoms with Gasteiger partial charge in [0.05, 0.1) is 30.8 Å². The average molecular weight is 357 g/mol. The highest BCUT2D eigenvalue weighted by Crippen LogP contribution is 2.35. The van der Waals surface area contributed by atoms with Crippen LogP contribution in [0.25, 0.3) is 0 Å². The Bertz CT molecular complexity index is 894. The Labute approximate surface area is 151 Å². The molecule has 0 fully saturated rings. The molecule has 0 atom stereocenters. The van der Waals surface area contributed by atoms with Gasteiger partial charge in [-0.1, -0.05) is 18.2 Å². The molecular formula is C18H17ClN4O2. The second-order valence-corrected chi connectivity index (χ2v) is 5.87. The number of quaternary nitrogens is 1. The van der Waals surface area contributed by atoms with Crippen molar-refractivity contribution in [3.05, 3.63) is 59.2 Å². The van der Waals surface area contributed by atoms with Crippen molar-refractivity contribution in [1.82, 2.24) is 4.90 Å². The molecule has 6 nitrogen and oxygen atoms in total. The van der Waals surface area contributed by atoms with E-state index in [2.05, 4.69) is 16.0 Å². The summed E-state index contributed by atoms with van der Waals surface area (Å²) < 4.78 is 0. The lowest BCUT2D eigenvalue weighted by atomic mass is 10.1. The molecule has 2 aliphatic heterocycles. The van der Waals surface area contributed by atoms with E-state index in [0.717, 1.165) is 22.5 Å². The minimum absolute atomic E-state index is 0. The summed E-state index contributed by atoms with van der Waals surface area (Å²) in [7, 11) is 0. The number of carbonyl (C=O) groups excluding carboxylic acids is 2. The van der Waals surface area contributed by atoms with E-state index in [0.29, 0.717) is 30.9 Å². The van der Waals surface area contributed by atoms with Gasteiger partial charge >= 0.3 is 0 Å². The van der Waals surface area contributed by atoms with Gasteiger partial charge < -0.3 is 23.5 Å². The SMILES string of the molecule is [Cl-].[NH3+]CCC(=O)Nc1ccc2c(c1)CN1C(=O)c3ccccc3C1=N2. The molecule has 2 heterocycles. The van der Waals surface area contributed by atoms with Crippen LogP contribution < -0.4 is 23.5 Å². The molecular weight excluding hydrogens is 340 g/mol. The van der Waals surface area contributed by atoms with Crippen LogP contribution in [0, 0.1) is 0 Å². The number of anilines is 1. The van der Waals surface area contributed by atoms with Gasteiger partial charge in [-0.25, -0.2) is 4.99 Å². The van der Waals surface area contributed by atoms with Crippen LogP contribution in [0.2, 0.25) is 0 Å². The Balaban J connectivity index is 0.00000182. The quantitative estimate of drug-likeness (QED) is 0.687. The summed E-state index contributed by atoms with van der Waals surface area (Å²) >= 11 is 0. The van der Waals surface area contributed by atoms with E-state index < -0.39 is 0 Å². The van der Waals surface area contributed by atoms with Crippen molar-refractivity contribution < 1.29 is 27.7 Å². The van der Waals surface area contributed by atoms with Gasteiger partial charge in [0, 0.05) is 11.3 Å². The molecule has 0 unspecified atom stereocenters. The van der Waals surface area contributed by atoms with E-state index in [-0.39, 0.29) is 24.2 Å². The first kappa shape index (κ1) is 17.1. The highest BCUT2D eigenvalue weighted by molar-refractivity contribution is 6.24. The van der Waals surface area contributed by atoms with E-state index in [9.17, 15) is 9.59 Å². The van der Waals surface area contributed by atoms with Crippen LogP contribution in [-0.2, 0) is 11.3 Å². The molecule has 0 aromatic heterocycles. The Hall–Kier alpha value is -2.70. The number of nitrogens with zero attached hydrogens (tertiary/aromatic N) is 2. The van der Waals surface area contributed by atoms with Crippen molar-refractivity contribution in [3.8, 4) is 0 Å². The summed E-state index contributed by atoms with van der Waals surface area (Å²) in [5, 5.41) is 2.85. The molecule has 0 aliphatic carbocycles. The smallest absolute Gasteiger partial charge is 0.260 e. The van der Waals surface area contributed by atoms with Crippen LogP contribution in [0.3, 0.4) is 0 Å².